The van der Waals surface area contributed by atoms with Gasteiger partial charge in [-0.1, -0.05) is 35.9 Å². The van der Waals surface area contributed by atoms with E-state index >= 15 is 0 Å². The van der Waals surface area contributed by atoms with Crippen molar-refractivity contribution in [1.82, 2.24) is 4.98 Å². The SMILES string of the molecule is Cc1ccc(C)c(-c2cc(CN)c3ccccc3n2)c1. The van der Waals surface area contributed by atoms with Gasteiger partial charge in [0.15, 0.2) is 0 Å². The van der Waals surface area contributed by atoms with Crippen molar-refractivity contribution in [3.05, 3.63) is 65.2 Å². The fraction of sp³-hybridized carbons (Fsp3) is 0.167. The molecule has 0 aliphatic carbocycles. The summed E-state index contributed by atoms with van der Waals surface area (Å²) in [4.78, 5) is 4.80. The number of para-hydroxylation sites is 1. The van der Waals surface area contributed by atoms with Crippen molar-refractivity contribution in [2.24, 2.45) is 5.73 Å². The van der Waals surface area contributed by atoms with Crippen LogP contribution in [0, 0.1) is 13.8 Å². The van der Waals surface area contributed by atoms with Gasteiger partial charge in [-0.25, -0.2) is 4.98 Å². The van der Waals surface area contributed by atoms with E-state index in [-0.39, 0.29) is 0 Å². The molecule has 0 unspecified atom stereocenters. The first kappa shape index (κ1) is 12.8. The highest BCUT2D eigenvalue weighted by Crippen LogP contribution is 2.27. The highest BCUT2D eigenvalue weighted by molar-refractivity contribution is 5.85. The molecule has 0 bridgehead atoms. The number of nitrogens with zero attached hydrogens (tertiary/aromatic N) is 1. The van der Waals surface area contributed by atoms with Crippen LogP contribution in [0.4, 0.5) is 0 Å². The lowest BCUT2D eigenvalue weighted by Gasteiger charge is -2.11. The summed E-state index contributed by atoms with van der Waals surface area (Å²) in [5, 5.41) is 1.14. The van der Waals surface area contributed by atoms with Crippen LogP contribution >= 0.6 is 0 Å². The molecule has 0 aliphatic heterocycles. The molecule has 2 N–H and O–H groups in total. The molecule has 0 radical (unpaired) electrons. The third-order valence-corrected chi connectivity index (χ3v) is 3.69. The van der Waals surface area contributed by atoms with Gasteiger partial charge in [-0.15, -0.1) is 0 Å². The van der Waals surface area contributed by atoms with Crippen LogP contribution in [-0.4, -0.2) is 4.98 Å². The van der Waals surface area contributed by atoms with Crippen LogP contribution in [0.3, 0.4) is 0 Å². The highest BCUT2D eigenvalue weighted by Gasteiger charge is 2.08. The van der Waals surface area contributed by atoms with E-state index in [2.05, 4.69) is 44.2 Å². The largest absolute Gasteiger partial charge is 0.326 e. The average molecular weight is 262 g/mol. The third-order valence-electron chi connectivity index (χ3n) is 3.69. The molecule has 1 heterocycles. The van der Waals surface area contributed by atoms with E-state index in [1.165, 1.54) is 16.7 Å². The van der Waals surface area contributed by atoms with E-state index in [1.54, 1.807) is 0 Å². The van der Waals surface area contributed by atoms with E-state index in [9.17, 15) is 0 Å². The molecular formula is C18H18N2. The second kappa shape index (κ2) is 5.06. The van der Waals surface area contributed by atoms with Gasteiger partial charge in [0.05, 0.1) is 11.2 Å². The summed E-state index contributed by atoms with van der Waals surface area (Å²) in [6, 6.07) is 16.7. The lowest BCUT2D eigenvalue weighted by atomic mass is 9.99. The van der Waals surface area contributed by atoms with Gasteiger partial charge in [-0.3, -0.25) is 0 Å². The topological polar surface area (TPSA) is 38.9 Å². The number of rotatable bonds is 2. The Hall–Kier alpha value is -2.19. The van der Waals surface area contributed by atoms with Gasteiger partial charge in [-0.05, 0) is 43.2 Å². The zero-order chi connectivity index (χ0) is 14.1. The molecule has 0 saturated carbocycles. The van der Waals surface area contributed by atoms with Crippen LogP contribution in [0.1, 0.15) is 16.7 Å². The fourth-order valence-corrected chi connectivity index (χ4v) is 2.57. The second-order valence-corrected chi connectivity index (χ2v) is 5.21. The van der Waals surface area contributed by atoms with E-state index in [0.29, 0.717) is 6.54 Å². The Morgan fingerprint density at radius 1 is 1.00 bits per heavy atom. The molecule has 0 saturated heterocycles. The third kappa shape index (κ3) is 2.19. The number of pyridine rings is 1. The van der Waals surface area contributed by atoms with E-state index < -0.39 is 0 Å². The van der Waals surface area contributed by atoms with Crippen LogP contribution in [0.15, 0.2) is 48.5 Å². The maximum Gasteiger partial charge on any atom is 0.0715 e. The van der Waals surface area contributed by atoms with E-state index in [1.807, 2.05) is 18.2 Å². The number of hydrogen-bond acceptors (Lipinski definition) is 2. The number of nitrogens with two attached hydrogens (primary N) is 1. The Kier molecular flexibility index (Phi) is 3.25. The summed E-state index contributed by atoms with van der Waals surface area (Å²) in [5.41, 5.74) is 12.7. The quantitative estimate of drug-likeness (QED) is 0.758. The van der Waals surface area contributed by atoms with E-state index in [4.69, 9.17) is 10.7 Å². The summed E-state index contributed by atoms with van der Waals surface area (Å²) in [7, 11) is 0. The van der Waals surface area contributed by atoms with Gasteiger partial charge in [0.2, 0.25) is 0 Å². The number of fused-ring (bicyclic) bond motifs is 1. The number of aryl methyl sites for hydroxylation is 2. The molecule has 0 aliphatic rings. The Balaban J connectivity index is 2.29. The zero-order valence-electron chi connectivity index (χ0n) is 11.9. The predicted molar refractivity (Wildman–Crippen MR) is 84.5 cm³/mol. The van der Waals surface area contributed by atoms with Crippen molar-refractivity contribution in [3.63, 3.8) is 0 Å². The maximum atomic E-state index is 5.90. The van der Waals surface area contributed by atoms with Gasteiger partial charge >= 0.3 is 0 Å². The van der Waals surface area contributed by atoms with Gasteiger partial charge in [0.25, 0.3) is 0 Å². The average Bonchev–Trinajstić information content (AvgIpc) is 2.48. The second-order valence-electron chi connectivity index (χ2n) is 5.21. The molecule has 2 heteroatoms. The van der Waals surface area contributed by atoms with Gasteiger partial charge in [0.1, 0.15) is 0 Å². The fourth-order valence-electron chi connectivity index (χ4n) is 2.57. The van der Waals surface area contributed by atoms with Crippen molar-refractivity contribution < 1.29 is 0 Å². The summed E-state index contributed by atoms with van der Waals surface area (Å²) < 4.78 is 0. The smallest absolute Gasteiger partial charge is 0.0715 e. The van der Waals surface area contributed by atoms with Gasteiger partial charge in [0, 0.05) is 17.5 Å². The maximum absolute atomic E-state index is 5.90. The van der Waals surface area contributed by atoms with Crippen LogP contribution < -0.4 is 5.73 Å². The minimum atomic E-state index is 0.529. The lowest BCUT2D eigenvalue weighted by molar-refractivity contribution is 1.08. The Labute approximate surface area is 119 Å². The summed E-state index contributed by atoms with van der Waals surface area (Å²) in [6.45, 7) is 4.75. The van der Waals surface area contributed by atoms with Crippen LogP contribution in [0.2, 0.25) is 0 Å². The van der Waals surface area contributed by atoms with Crippen molar-refractivity contribution in [1.29, 1.82) is 0 Å². The van der Waals surface area contributed by atoms with Crippen molar-refractivity contribution in [2.45, 2.75) is 20.4 Å². The molecule has 2 nitrogen and oxygen atoms in total. The number of benzene rings is 2. The van der Waals surface area contributed by atoms with Gasteiger partial charge in [-0.2, -0.15) is 0 Å². The highest BCUT2D eigenvalue weighted by atomic mass is 14.7. The molecular weight excluding hydrogens is 244 g/mol. The lowest BCUT2D eigenvalue weighted by Crippen LogP contribution is -2.00. The summed E-state index contributed by atoms with van der Waals surface area (Å²) >= 11 is 0. The minimum absolute atomic E-state index is 0.529. The minimum Gasteiger partial charge on any atom is -0.326 e. The molecule has 2 aromatic carbocycles. The van der Waals surface area contributed by atoms with Gasteiger partial charge < -0.3 is 5.73 Å². The molecule has 3 rings (SSSR count). The number of aromatic nitrogens is 1. The molecule has 3 aromatic rings. The van der Waals surface area contributed by atoms with Crippen molar-refractivity contribution >= 4 is 10.9 Å². The normalized spacial score (nSPS) is 10.9. The molecule has 1 aromatic heterocycles. The first-order valence-corrected chi connectivity index (χ1v) is 6.85. The van der Waals surface area contributed by atoms with Crippen LogP contribution in [0.5, 0.6) is 0 Å². The molecule has 100 valence electrons. The number of hydrogen-bond donors (Lipinski definition) is 1. The molecule has 0 amide bonds. The van der Waals surface area contributed by atoms with Crippen LogP contribution in [0.25, 0.3) is 22.2 Å². The summed E-state index contributed by atoms with van der Waals surface area (Å²) in [6.07, 6.45) is 0. The molecule has 20 heavy (non-hydrogen) atoms. The molecule has 0 fully saturated rings. The Morgan fingerprint density at radius 2 is 1.80 bits per heavy atom. The molecule has 0 atom stereocenters. The molecule has 0 spiro atoms. The van der Waals surface area contributed by atoms with Crippen LogP contribution in [-0.2, 0) is 6.54 Å². The first-order chi connectivity index (χ1) is 9.69. The Morgan fingerprint density at radius 3 is 2.60 bits per heavy atom. The zero-order valence-corrected chi connectivity index (χ0v) is 11.9. The predicted octanol–water partition coefficient (Wildman–Crippen LogP) is 3.98. The Bertz CT molecular complexity index is 775. The monoisotopic (exact) mass is 262 g/mol. The van der Waals surface area contributed by atoms with Crippen molar-refractivity contribution in [2.75, 3.05) is 0 Å². The standard InChI is InChI=1S/C18H18N2/c1-12-7-8-13(2)16(9-12)18-10-14(11-19)15-5-3-4-6-17(15)20-18/h3-10H,11,19H2,1-2H3. The first-order valence-electron chi connectivity index (χ1n) is 6.85. The van der Waals surface area contributed by atoms with E-state index in [0.717, 1.165) is 22.2 Å². The summed E-state index contributed by atoms with van der Waals surface area (Å²) in [5.74, 6) is 0. The van der Waals surface area contributed by atoms with Crippen molar-refractivity contribution in [3.8, 4) is 11.3 Å².